The lowest BCUT2D eigenvalue weighted by molar-refractivity contribution is 0.196. The molecule has 3 aromatic rings. The number of nitrogens with zero attached hydrogens (tertiary/aromatic N) is 2. The minimum Gasteiger partial charge on any atom is -0.308 e. The summed E-state index contributed by atoms with van der Waals surface area (Å²) >= 11 is 1.40. The van der Waals surface area contributed by atoms with Crippen LogP contribution in [0.25, 0.3) is 20.7 Å². The van der Waals surface area contributed by atoms with E-state index in [2.05, 4.69) is 25.5 Å². The van der Waals surface area contributed by atoms with Crippen LogP contribution >= 0.6 is 36.2 Å². The van der Waals surface area contributed by atoms with Gasteiger partial charge in [-0.1, -0.05) is 0 Å². The molecule has 5 rings (SSSR count). The smallest absolute Gasteiger partial charge is 0.268 e. The zero-order valence-electron chi connectivity index (χ0n) is 13.8. The number of hydrogen-bond acceptors (Lipinski definition) is 5. The third-order valence-corrected chi connectivity index (χ3v) is 6.32. The van der Waals surface area contributed by atoms with E-state index in [0.29, 0.717) is 22.5 Å². The number of thiophene rings is 1. The number of H-pyrrole nitrogens is 2. The van der Waals surface area contributed by atoms with Crippen molar-refractivity contribution >= 4 is 46.4 Å². The molecule has 10 heteroatoms. The van der Waals surface area contributed by atoms with E-state index in [1.54, 1.807) is 6.20 Å². The zero-order valence-corrected chi connectivity index (χ0v) is 16.2. The highest BCUT2D eigenvalue weighted by molar-refractivity contribution is 7.22. The number of aromatic nitrogens is 4. The number of halogens is 3. The fraction of sp³-hybridized carbons (Fsp3) is 0.438. The number of rotatable bonds is 2. The molecule has 4 heterocycles. The molecule has 1 aliphatic carbocycles. The van der Waals surface area contributed by atoms with E-state index in [9.17, 15) is 9.18 Å². The lowest BCUT2D eigenvalue weighted by Gasteiger charge is -2.24. The normalized spacial score (nSPS) is 26.7. The number of alkyl halides is 1. The molecule has 3 N–H and O–H groups in total. The maximum Gasteiger partial charge on any atom is 0.268 e. The van der Waals surface area contributed by atoms with Gasteiger partial charge in [0.25, 0.3) is 5.56 Å². The van der Waals surface area contributed by atoms with Crippen LogP contribution in [0.4, 0.5) is 4.39 Å². The molecule has 3 aromatic heterocycles. The predicted octanol–water partition coefficient (Wildman–Crippen LogP) is 3.29. The van der Waals surface area contributed by atoms with Crippen LogP contribution < -0.4 is 10.9 Å². The Morgan fingerprint density at radius 1 is 1.31 bits per heavy atom. The highest BCUT2D eigenvalue weighted by atomic mass is 35.5. The van der Waals surface area contributed by atoms with Gasteiger partial charge in [-0.15, -0.1) is 36.2 Å². The number of hydrogen-bond donors (Lipinski definition) is 3. The van der Waals surface area contributed by atoms with Crippen LogP contribution in [-0.4, -0.2) is 32.4 Å². The maximum absolute atomic E-state index is 14.0. The lowest BCUT2D eigenvalue weighted by atomic mass is 9.97. The van der Waals surface area contributed by atoms with Gasteiger partial charge < -0.3 is 10.3 Å². The van der Waals surface area contributed by atoms with Gasteiger partial charge >= 0.3 is 0 Å². The van der Waals surface area contributed by atoms with Gasteiger partial charge in [0.2, 0.25) is 0 Å². The van der Waals surface area contributed by atoms with Crippen LogP contribution in [0.2, 0.25) is 0 Å². The van der Waals surface area contributed by atoms with Crippen LogP contribution in [-0.2, 0) is 0 Å². The maximum atomic E-state index is 14.0. The number of fused-ring (bicyclic) bond motifs is 3. The van der Waals surface area contributed by atoms with E-state index in [1.165, 1.54) is 11.3 Å². The van der Waals surface area contributed by atoms with Crippen molar-refractivity contribution in [1.29, 1.82) is 0 Å². The highest BCUT2D eigenvalue weighted by Gasteiger charge is 2.48. The van der Waals surface area contributed by atoms with Crippen LogP contribution in [0, 0.1) is 12.8 Å². The first kappa shape index (κ1) is 19.3. The van der Waals surface area contributed by atoms with E-state index in [4.69, 9.17) is 0 Å². The molecule has 1 aliphatic heterocycles. The van der Waals surface area contributed by atoms with Gasteiger partial charge in [0.05, 0.1) is 17.8 Å². The Hall–Kier alpha value is -1.48. The van der Waals surface area contributed by atoms with Gasteiger partial charge in [-0.25, -0.2) is 9.37 Å². The largest absolute Gasteiger partial charge is 0.308 e. The molecule has 140 valence electrons. The van der Waals surface area contributed by atoms with Crippen molar-refractivity contribution in [2.24, 2.45) is 5.92 Å². The molecule has 1 saturated heterocycles. The monoisotopic (exact) mass is 417 g/mol. The van der Waals surface area contributed by atoms with Crippen molar-refractivity contribution in [2.75, 3.05) is 0 Å². The average molecular weight is 418 g/mol. The summed E-state index contributed by atoms with van der Waals surface area (Å²) < 4.78 is 14.6. The summed E-state index contributed by atoms with van der Waals surface area (Å²) in [4.78, 5) is 20.9. The first-order valence-electron chi connectivity index (χ1n) is 8.04. The fourth-order valence-electron chi connectivity index (χ4n) is 4.00. The van der Waals surface area contributed by atoms with Gasteiger partial charge in [-0.3, -0.25) is 9.89 Å². The summed E-state index contributed by atoms with van der Waals surface area (Å²) in [5.41, 5.74) is 2.43. The molecule has 26 heavy (non-hydrogen) atoms. The van der Waals surface area contributed by atoms with Gasteiger partial charge in [0, 0.05) is 28.1 Å². The Morgan fingerprint density at radius 3 is 2.77 bits per heavy atom. The minimum absolute atomic E-state index is 0. The summed E-state index contributed by atoms with van der Waals surface area (Å²) in [5, 5.41) is 10.3. The summed E-state index contributed by atoms with van der Waals surface area (Å²) in [6, 6.07) is 1.91. The highest BCUT2D eigenvalue weighted by Crippen LogP contribution is 2.44. The van der Waals surface area contributed by atoms with Crippen molar-refractivity contribution in [1.82, 2.24) is 25.5 Å². The molecule has 0 radical (unpaired) electrons. The molecule has 2 fully saturated rings. The van der Waals surface area contributed by atoms with Gasteiger partial charge in [-0.05, 0) is 25.8 Å². The molecule has 2 aliphatic rings. The first-order chi connectivity index (χ1) is 11.6. The van der Waals surface area contributed by atoms with Crippen molar-refractivity contribution in [3.63, 3.8) is 0 Å². The Kier molecular flexibility index (Phi) is 5.13. The van der Waals surface area contributed by atoms with E-state index in [-0.39, 0.29) is 48.4 Å². The fourth-order valence-corrected chi connectivity index (χ4v) is 5.06. The lowest BCUT2D eigenvalue weighted by Crippen LogP contribution is -2.36. The summed E-state index contributed by atoms with van der Waals surface area (Å²) in [6.45, 7) is 1.94. The zero-order chi connectivity index (χ0) is 16.4. The van der Waals surface area contributed by atoms with Crippen LogP contribution in [0.15, 0.2) is 17.1 Å². The molecular weight excluding hydrogens is 400 g/mol. The third kappa shape index (κ3) is 2.85. The molecule has 0 spiro atoms. The average Bonchev–Trinajstić information content (AvgIpc) is 3.28. The van der Waals surface area contributed by atoms with E-state index in [0.717, 1.165) is 22.6 Å². The molecule has 4 atom stereocenters. The molecule has 6 nitrogen and oxygen atoms in total. The quantitative estimate of drug-likeness (QED) is 0.596. The topological polar surface area (TPSA) is 86.5 Å². The van der Waals surface area contributed by atoms with E-state index in [1.807, 2.05) is 13.0 Å². The number of aromatic amines is 2. The standard InChI is InChI=1S/C16H16FN5OS.2ClH/c1-6-9(5-18-22-6)12-4-11-14(24-12)16(23)21-15(20-11)13-8-2-7(19-13)3-10(8)17;;/h4-5,7-8,10,13,19H,2-3H2,1H3,(H,18,22)(H,20,21,23);2*1H/t7-,8+,10-,13-;;/m0../s1. The molecule has 0 amide bonds. The first-order valence-corrected chi connectivity index (χ1v) is 8.86. The Morgan fingerprint density at radius 2 is 2.12 bits per heavy atom. The van der Waals surface area contributed by atoms with Crippen LogP contribution in [0.1, 0.15) is 30.4 Å². The number of aryl methyl sites for hydroxylation is 1. The Bertz CT molecular complexity index is 1000. The SMILES string of the molecule is Cc1[nH]ncc1-c1cc2nc([C@H]3N[C@H]4C[C@@H]3[C@@H](F)C4)[nH]c(=O)c2s1.Cl.Cl. The number of piperidine rings is 1. The molecule has 0 aromatic carbocycles. The summed E-state index contributed by atoms with van der Waals surface area (Å²) in [5.74, 6) is 0.459. The third-order valence-electron chi connectivity index (χ3n) is 5.17. The second-order valence-electron chi connectivity index (χ2n) is 6.68. The van der Waals surface area contributed by atoms with Gasteiger partial charge in [-0.2, -0.15) is 5.10 Å². The van der Waals surface area contributed by atoms with Crippen molar-refractivity contribution < 1.29 is 4.39 Å². The molecule has 1 saturated carbocycles. The van der Waals surface area contributed by atoms with Gasteiger partial charge in [0.1, 0.15) is 16.7 Å². The van der Waals surface area contributed by atoms with Crippen molar-refractivity contribution in [3.05, 3.63) is 34.1 Å². The van der Waals surface area contributed by atoms with Crippen LogP contribution in [0.3, 0.4) is 0 Å². The van der Waals surface area contributed by atoms with E-state index < -0.39 is 6.17 Å². The second-order valence-corrected chi connectivity index (χ2v) is 7.73. The predicted molar refractivity (Wildman–Crippen MR) is 104 cm³/mol. The van der Waals surface area contributed by atoms with E-state index >= 15 is 0 Å². The van der Waals surface area contributed by atoms with Crippen molar-refractivity contribution in [2.45, 2.75) is 38.0 Å². The Labute approximate surface area is 164 Å². The van der Waals surface area contributed by atoms with Crippen molar-refractivity contribution in [3.8, 4) is 10.4 Å². The summed E-state index contributed by atoms with van der Waals surface area (Å²) in [6.07, 6.45) is 2.32. The summed E-state index contributed by atoms with van der Waals surface area (Å²) in [7, 11) is 0. The molecular formula is C16H18Cl2FN5OS. The molecule has 2 bridgehead atoms. The minimum atomic E-state index is -0.811. The van der Waals surface area contributed by atoms with Gasteiger partial charge in [0.15, 0.2) is 0 Å². The molecule has 0 unspecified atom stereocenters. The second kappa shape index (κ2) is 6.92. The van der Waals surface area contributed by atoms with Crippen LogP contribution in [0.5, 0.6) is 0 Å². The Balaban J connectivity index is 0.000000980. The number of nitrogens with one attached hydrogen (secondary N) is 3.